The van der Waals surface area contributed by atoms with E-state index in [0.717, 1.165) is 0 Å². The van der Waals surface area contributed by atoms with Crippen molar-refractivity contribution in [3.63, 3.8) is 0 Å². The number of aromatic nitrogens is 1. The molecule has 0 radical (unpaired) electrons. The van der Waals surface area contributed by atoms with E-state index in [0.29, 0.717) is 15.7 Å². The second kappa shape index (κ2) is 6.10. The number of sulfonamides is 1. The van der Waals surface area contributed by atoms with Gasteiger partial charge in [0.05, 0.1) is 0 Å². The van der Waals surface area contributed by atoms with Crippen LogP contribution in [0.15, 0.2) is 57.2 Å². The summed E-state index contributed by atoms with van der Waals surface area (Å²) in [6, 6.07) is 7.62. The zero-order valence-corrected chi connectivity index (χ0v) is 13.0. The van der Waals surface area contributed by atoms with Crippen LogP contribution in [0.4, 0.5) is 5.69 Å². The third-order valence-electron chi connectivity index (χ3n) is 2.51. The first kappa shape index (κ1) is 15.3. The first-order chi connectivity index (χ1) is 9.92. The van der Waals surface area contributed by atoms with Crippen molar-refractivity contribution < 1.29 is 13.6 Å². The van der Waals surface area contributed by atoms with E-state index in [1.165, 1.54) is 24.5 Å². The topological polar surface area (TPSA) is 118 Å². The summed E-state index contributed by atoms with van der Waals surface area (Å²) < 4.78 is 27.4. The van der Waals surface area contributed by atoms with Crippen molar-refractivity contribution >= 4 is 37.5 Å². The zero-order chi connectivity index (χ0) is 15.5. The van der Waals surface area contributed by atoms with Crippen LogP contribution in [0.5, 0.6) is 0 Å². The number of nitrogens with one attached hydrogen (secondary N) is 1. The number of nitrogens with zero attached hydrogens (tertiary/aromatic N) is 2. The van der Waals surface area contributed by atoms with Gasteiger partial charge in [0.2, 0.25) is 0 Å². The largest absolute Gasteiger partial charge is 0.409 e. The van der Waals surface area contributed by atoms with Crippen LogP contribution in [0.1, 0.15) is 5.56 Å². The highest BCUT2D eigenvalue weighted by Crippen LogP contribution is 2.19. The van der Waals surface area contributed by atoms with Crippen molar-refractivity contribution in [3.8, 4) is 0 Å². The molecule has 1 aromatic heterocycles. The fourth-order valence-electron chi connectivity index (χ4n) is 1.55. The van der Waals surface area contributed by atoms with Crippen molar-refractivity contribution in [2.24, 2.45) is 10.9 Å². The Bertz CT molecular complexity index is 793. The number of anilines is 1. The molecule has 110 valence electrons. The molecular formula is C12H11BrN4O3S. The summed E-state index contributed by atoms with van der Waals surface area (Å²) >= 11 is 3.17. The molecule has 21 heavy (non-hydrogen) atoms. The summed E-state index contributed by atoms with van der Waals surface area (Å²) in [4.78, 5) is 3.83. The molecule has 7 nitrogen and oxygen atoms in total. The summed E-state index contributed by atoms with van der Waals surface area (Å²) in [6.45, 7) is 0. The van der Waals surface area contributed by atoms with Gasteiger partial charge in [-0.15, -0.1) is 0 Å². The smallest absolute Gasteiger partial charge is 0.263 e. The van der Waals surface area contributed by atoms with Crippen LogP contribution < -0.4 is 10.5 Å². The quantitative estimate of drug-likeness (QED) is 0.328. The Kier molecular flexibility index (Phi) is 4.43. The monoisotopic (exact) mass is 370 g/mol. The van der Waals surface area contributed by atoms with Crippen LogP contribution in [-0.2, 0) is 10.0 Å². The maximum absolute atomic E-state index is 12.2. The van der Waals surface area contributed by atoms with Crippen molar-refractivity contribution in [1.29, 1.82) is 0 Å². The fraction of sp³-hybridized carbons (Fsp3) is 0. The molecular weight excluding hydrogens is 360 g/mol. The van der Waals surface area contributed by atoms with E-state index in [4.69, 9.17) is 10.9 Å². The first-order valence-corrected chi connectivity index (χ1v) is 7.91. The second-order valence-corrected chi connectivity index (χ2v) is 6.61. The molecule has 1 heterocycles. The van der Waals surface area contributed by atoms with Gasteiger partial charge in [-0.1, -0.05) is 17.3 Å². The van der Waals surface area contributed by atoms with Gasteiger partial charge in [0.15, 0.2) is 5.84 Å². The summed E-state index contributed by atoms with van der Waals surface area (Å²) in [5.74, 6) is -0.111. The lowest BCUT2D eigenvalue weighted by Gasteiger charge is -2.09. The predicted molar refractivity (Wildman–Crippen MR) is 81.7 cm³/mol. The van der Waals surface area contributed by atoms with Crippen LogP contribution in [0.3, 0.4) is 0 Å². The molecule has 0 saturated carbocycles. The molecule has 0 aliphatic heterocycles. The maximum Gasteiger partial charge on any atom is 0.263 e. The van der Waals surface area contributed by atoms with E-state index in [1.807, 2.05) is 0 Å². The molecule has 0 spiro atoms. The Morgan fingerprint density at radius 1 is 1.33 bits per heavy atom. The second-order valence-electron chi connectivity index (χ2n) is 4.01. The number of amidine groups is 1. The Hall–Kier alpha value is -2.13. The minimum atomic E-state index is -3.77. The normalized spacial score (nSPS) is 12.1. The fourth-order valence-corrected chi connectivity index (χ4v) is 3.11. The van der Waals surface area contributed by atoms with E-state index in [-0.39, 0.29) is 10.7 Å². The average molecular weight is 371 g/mol. The number of hydrogen-bond donors (Lipinski definition) is 3. The van der Waals surface area contributed by atoms with E-state index in [9.17, 15) is 8.42 Å². The highest BCUT2D eigenvalue weighted by atomic mass is 79.9. The molecule has 0 aliphatic rings. The molecule has 0 bridgehead atoms. The highest BCUT2D eigenvalue weighted by molar-refractivity contribution is 9.10. The number of hydrogen-bond acceptors (Lipinski definition) is 5. The van der Waals surface area contributed by atoms with Crippen LogP contribution in [0.2, 0.25) is 0 Å². The van der Waals surface area contributed by atoms with Crippen LogP contribution in [-0.4, -0.2) is 24.4 Å². The van der Waals surface area contributed by atoms with Gasteiger partial charge in [-0.3, -0.25) is 9.71 Å². The number of oxime groups is 1. The van der Waals surface area contributed by atoms with Gasteiger partial charge >= 0.3 is 0 Å². The van der Waals surface area contributed by atoms with Crippen LogP contribution in [0, 0.1) is 0 Å². The number of benzene rings is 1. The molecule has 2 rings (SSSR count). The minimum absolute atomic E-state index is 0.0195. The predicted octanol–water partition coefficient (Wildman–Crippen LogP) is 1.74. The van der Waals surface area contributed by atoms with Crippen LogP contribution >= 0.6 is 15.9 Å². The minimum Gasteiger partial charge on any atom is -0.409 e. The Balaban J connectivity index is 2.33. The lowest BCUT2D eigenvalue weighted by Crippen LogP contribution is -2.16. The van der Waals surface area contributed by atoms with Gasteiger partial charge in [-0.2, -0.15) is 0 Å². The molecule has 0 saturated heterocycles. The molecule has 0 atom stereocenters. The molecule has 0 amide bonds. The number of pyridine rings is 1. The van der Waals surface area contributed by atoms with Gasteiger partial charge < -0.3 is 10.9 Å². The molecule has 1 aromatic carbocycles. The van der Waals surface area contributed by atoms with Gasteiger partial charge in [-0.05, 0) is 34.1 Å². The van der Waals surface area contributed by atoms with Gasteiger partial charge in [-0.25, -0.2) is 8.42 Å². The molecule has 9 heteroatoms. The van der Waals surface area contributed by atoms with Crippen LogP contribution in [0.25, 0.3) is 0 Å². The van der Waals surface area contributed by atoms with Crippen molar-refractivity contribution in [2.75, 3.05) is 4.72 Å². The van der Waals surface area contributed by atoms with Crippen molar-refractivity contribution in [2.45, 2.75) is 4.90 Å². The van der Waals surface area contributed by atoms with Crippen molar-refractivity contribution in [3.05, 3.63) is 52.8 Å². The van der Waals surface area contributed by atoms with E-state index >= 15 is 0 Å². The third kappa shape index (κ3) is 3.70. The highest BCUT2D eigenvalue weighted by Gasteiger charge is 2.15. The standard InChI is InChI=1S/C12H11BrN4O3S/c13-9-5-11(7-15-6-9)21(19,20)17-10-3-1-2-8(4-10)12(14)16-18/h1-7,17-18H,(H2,14,16). The number of rotatable bonds is 4. The molecule has 2 aromatic rings. The first-order valence-electron chi connectivity index (χ1n) is 5.64. The molecule has 0 unspecified atom stereocenters. The average Bonchev–Trinajstić information content (AvgIpc) is 2.46. The Morgan fingerprint density at radius 2 is 2.10 bits per heavy atom. The Morgan fingerprint density at radius 3 is 2.76 bits per heavy atom. The lowest BCUT2D eigenvalue weighted by molar-refractivity contribution is 0.318. The summed E-state index contributed by atoms with van der Waals surface area (Å²) in [7, 11) is -3.77. The Labute approximate surface area is 129 Å². The number of halogens is 1. The number of nitrogens with two attached hydrogens (primary N) is 1. The summed E-state index contributed by atoms with van der Waals surface area (Å²) in [5.41, 5.74) is 6.15. The van der Waals surface area contributed by atoms with Gasteiger partial charge in [0, 0.05) is 28.1 Å². The van der Waals surface area contributed by atoms with Gasteiger partial charge in [0.1, 0.15) is 4.90 Å². The lowest BCUT2D eigenvalue weighted by atomic mass is 10.2. The third-order valence-corrected chi connectivity index (χ3v) is 4.29. The van der Waals surface area contributed by atoms with E-state index < -0.39 is 10.0 Å². The van der Waals surface area contributed by atoms with Gasteiger partial charge in [0.25, 0.3) is 10.0 Å². The summed E-state index contributed by atoms with van der Waals surface area (Å²) in [5, 5.41) is 11.5. The maximum atomic E-state index is 12.2. The zero-order valence-electron chi connectivity index (χ0n) is 10.6. The summed E-state index contributed by atoms with van der Waals surface area (Å²) in [6.07, 6.45) is 2.72. The van der Waals surface area contributed by atoms with E-state index in [2.05, 4.69) is 30.8 Å². The molecule has 0 fully saturated rings. The van der Waals surface area contributed by atoms with E-state index in [1.54, 1.807) is 18.2 Å². The molecule has 4 N–H and O–H groups in total. The SMILES string of the molecule is NC(=NO)c1cccc(NS(=O)(=O)c2cncc(Br)c2)c1. The van der Waals surface area contributed by atoms with Crippen molar-refractivity contribution in [1.82, 2.24) is 4.98 Å². The molecule has 0 aliphatic carbocycles.